The van der Waals surface area contributed by atoms with Crippen LogP contribution in [0, 0.1) is 0 Å². The van der Waals surface area contributed by atoms with Crippen molar-refractivity contribution in [2.75, 3.05) is 23.4 Å². The number of halogens is 1. The van der Waals surface area contributed by atoms with Gasteiger partial charge in [-0.15, -0.1) is 0 Å². The number of thioether (sulfide) groups is 1. The molecule has 1 aliphatic rings. The van der Waals surface area contributed by atoms with Crippen molar-refractivity contribution in [3.05, 3.63) is 29.3 Å². The van der Waals surface area contributed by atoms with Gasteiger partial charge in [-0.2, -0.15) is 11.8 Å². The third-order valence-corrected chi connectivity index (χ3v) is 4.12. The van der Waals surface area contributed by atoms with E-state index in [9.17, 15) is 5.11 Å². The number of nitrogens with one attached hydrogen (secondary N) is 1. The predicted molar refractivity (Wildman–Crippen MR) is 66.8 cm³/mol. The fourth-order valence-electron chi connectivity index (χ4n) is 1.74. The Morgan fingerprint density at radius 1 is 1.53 bits per heavy atom. The Kier molecular flexibility index (Phi) is 3.44. The summed E-state index contributed by atoms with van der Waals surface area (Å²) < 4.78 is 0. The smallest absolute Gasteiger partial charge is 0.0701 e. The molecular formula is C11H14ClNOS. The second-order valence-corrected chi connectivity index (χ2v) is 5.42. The van der Waals surface area contributed by atoms with Crippen molar-refractivity contribution in [3.8, 4) is 0 Å². The quantitative estimate of drug-likeness (QED) is 0.856. The summed E-state index contributed by atoms with van der Waals surface area (Å²) in [7, 11) is 0. The van der Waals surface area contributed by atoms with E-state index in [2.05, 4.69) is 5.32 Å². The van der Waals surface area contributed by atoms with Gasteiger partial charge in [0.15, 0.2) is 0 Å². The number of aliphatic hydroxyl groups is 1. The number of aliphatic hydroxyl groups excluding tert-OH is 1. The summed E-state index contributed by atoms with van der Waals surface area (Å²) in [5, 5.41) is 13.5. The Labute approximate surface area is 99.0 Å². The first-order valence-corrected chi connectivity index (χ1v) is 6.50. The summed E-state index contributed by atoms with van der Waals surface area (Å²) in [6.45, 7) is 0.173. The Morgan fingerprint density at radius 2 is 2.40 bits per heavy atom. The molecule has 0 amide bonds. The number of benzene rings is 1. The van der Waals surface area contributed by atoms with Crippen molar-refractivity contribution in [2.24, 2.45) is 0 Å². The third-order valence-electron chi connectivity index (χ3n) is 2.64. The van der Waals surface area contributed by atoms with Crippen molar-refractivity contribution in [3.63, 3.8) is 0 Å². The molecule has 2 rings (SSSR count). The minimum atomic E-state index is -0.157. The molecule has 1 aliphatic heterocycles. The minimum absolute atomic E-state index is 0.157. The molecule has 2 N–H and O–H groups in total. The van der Waals surface area contributed by atoms with E-state index < -0.39 is 0 Å². The lowest BCUT2D eigenvalue weighted by atomic mass is 10.00. The lowest BCUT2D eigenvalue weighted by Gasteiger charge is -2.28. The normalized spacial score (nSPS) is 25.5. The van der Waals surface area contributed by atoms with Gasteiger partial charge in [0.05, 0.1) is 12.1 Å². The summed E-state index contributed by atoms with van der Waals surface area (Å²) >= 11 is 7.78. The van der Waals surface area contributed by atoms with Crippen LogP contribution in [0.15, 0.2) is 24.3 Å². The second kappa shape index (κ2) is 4.64. The topological polar surface area (TPSA) is 32.3 Å². The molecule has 1 heterocycles. The van der Waals surface area contributed by atoms with Crippen molar-refractivity contribution < 1.29 is 5.11 Å². The largest absolute Gasteiger partial charge is 0.394 e. The van der Waals surface area contributed by atoms with Gasteiger partial charge in [0.1, 0.15) is 0 Å². The van der Waals surface area contributed by atoms with Gasteiger partial charge in [0, 0.05) is 16.5 Å². The number of anilines is 1. The van der Waals surface area contributed by atoms with Gasteiger partial charge in [0.25, 0.3) is 0 Å². The van der Waals surface area contributed by atoms with Crippen LogP contribution in [0.4, 0.5) is 5.69 Å². The zero-order chi connectivity index (χ0) is 10.7. The van der Waals surface area contributed by atoms with E-state index in [-0.39, 0.29) is 12.1 Å². The van der Waals surface area contributed by atoms with Crippen molar-refractivity contribution in [1.82, 2.24) is 0 Å². The van der Waals surface area contributed by atoms with Gasteiger partial charge < -0.3 is 10.4 Å². The molecular weight excluding hydrogens is 230 g/mol. The summed E-state index contributed by atoms with van der Waals surface area (Å²) in [6.07, 6.45) is 1.00. The highest BCUT2D eigenvalue weighted by Crippen LogP contribution is 2.31. The Bertz CT molecular complexity index is 339. The van der Waals surface area contributed by atoms with Crippen LogP contribution in [0.1, 0.15) is 6.42 Å². The highest BCUT2D eigenvalue weighted by Gasteiger charge is 2.33. The molecule has 82 valence electrons. The van der Waals surface area contributed by atoms with Crippen LogP contribution < -0.4 is 5.32 Å². The number of rotatable bonds is 3. The lowest BCUT2D eigenvalue weighted by Crippen LogP contribution is -2.42. The fourth-order valence-corrected chi connectivity index (χ4v) is 3.31. The Balaban J connectivity index is 2.12. The average Bonchev–Trinajstić information content (AvgIpc) is 2.67. The monoisotopic (exact) mass is 243 g/mol. The van der Waals surface area contributed by atoms with Crippen LogP contribution in [0.2, 0.25) is 5.02 Å². The van der Waals surface area contributed by atoms with Crippen LogP contribution in [0.5, 0.6) is 0 Å². The molecule has 1 fully saturated rings. The maximum atomic E-state index is 9.44. The zero-order valence-electron chi connectivity index (χ0n) is 8.37. The van der Waals surface area contributed by atoms with Gasteiger partial charge >= 0.3 is 0 Å². The Hall–Kier alpha value is -0.380. The van der Waals surface area contributed by atoms with E-state index >= 15 is 0 Å². The van der Waals surface area contributed by atoms with Crippen LogP contribution in [-0.4, -0.2) is 28.8 Å². The van der Waals surface area contributed by atoms with Crippen molar-refractivity contribution in [2.45, 2.75) is 12.0 Å². The molecule has 0 aromatic heterocycles. The van der Waals surface area contributed by atoms with Crippen LogP contribution in [-0.2, 0) is 0 Å². The van der Waals surface area contributed by atoms with Crippen LogP contribution in [0.3, 0.4) is 0 Å². The van der Waals surface area contributed by atoms with Crippen LogP contribution in [0.25, 0.3) is 0 Å². The fraction of sp³-hybridized carbons (Fsp3) is 0.455. The first-order chi connectivity index (χ1) is 7.24. The maximum absolute atomic E-state index is 9.44. The molecule has 4 heteroatoms. The summed E-state index contributed by atoms with van der Waals surface area (Å²) in [6, 6.07) is 7.63. The van der Waals surface area contributed by atoms with Gasteiger partial charge in [-0.05, 0) is 30.4 Å². The van der Waals surface area contributed by atoms with Gasteiger partial charge in [-0.3, -0.25) is 0 Å². The number of hydrogen-bond acceptors (Lipinski definition) is 3. The van der Waals surface area contributed by atoms with Gasteiger partial charge in [0.2, 0.25) is 0 Å². The van der Waals surface area contributed by atoms with E-state index in [0.717, 1.165) is 28.6 Å². The zero-order valence-corrected chi connectivity index (χ0v) is 9.94. The number of hydrogen-bond donors (Lipinski definition) is 2. The molecule has 1 saturated heterocycles. The molecule has 1 aromatic carbocycles. The predicted octanol–water partition coefficient (Wildman–Crippen LogP) is 2.62. The van der Waals surface area contributed by atoms with Crippen LogP contribution >= 0.6 is 23.4 Å². The molecule has 15 heavy (non-hydrogen) atoms. The summed E-state index contributed by atoms with van der Waals surface area (Å²) in [4.78, 5) is 0. The highest BCUT2D eigenvalue weighted by molar-refractivity contribution is 7.99. The van der Waals surface area contributed by atoms with Gasteiger partial charge in [-0.25, -0.2) is 0 Å². The summed E-state index contributed by atoms with van der Waals surface area (Å²) in [5.74, 6) is 2.06. The molecule has 1 unspecified atom stereocenters. The molecule has 0 saturated carbocycles. The second-order valence-electron chi connectivity index (χ2n) is 3.88. The van der Waals surface area contributed by atoms with Crippen molar-refractivity contribution in [1.29, 1.82) is 0 Å². The minimum Gasteiger partial charge on any atom is -0.394 e. The highest BCUT2D eigenvalue weighted by atomic mass is 35.5. The Morgan fingerprint density at radius 3 is 3.00 bits per heavy atom. The molecule has 0 spiro atoms. The molecule has 0 radical (unpaired) electrons. The first-order valence-electron chi connectivity index (χ1n) is 4.96. The lowest BCUT2D eigenvalue weighted by molar-refractivity contribution is 0.226. The van der Waals surface area contributed by atoms with Crippen molar-refractivity contribution >= 4 is 29.1 Å². The van der Waals surface area contributed by atoms with Gasteiger partial charge in [-0.1, -0.05) is 17.7 Å². The molecule has 1 aromatic rings. The van der Waals surface area contributed by atoms with E-state index in [1.54, 1.807) is 0 Å². The molecule has 0 bridgehead atoms. The average molecular weight is 244 g/mol. The SMILES string of the molecule is OCC1(Nc2cccc(Cl)c2)CCSC1. The molecule has 0 aliphatic carbocycles. The molecule has 2 nitrogen and oxygen atoms in total. The van der Waals surface area contributed by atoms with E-state index in [1.807, 2.05) is 36.0 Å². The van der Waals surface area contributed by atoms with E-state index in [4.69, 9.17) is 11.6 Å². The third kappa shape index (κ3) is 2.60. The van der Waals surface area contributed by atoms with E-state index in [1.165, 1.54) is 0 Å². The maximum Gasteiger partial charge on any atom is 0.0701 e. The summed E-state index contributed by atoms with van der Waals surface area (Å²) in [5.41, 5.74) is 0.828. The first kappa shape index (κ1) is 11.1. The molecule has 1 atom stereocenters. The van der Waals surface area contributed by atoms with E-state index in [0.29, 0.717) is 0 Å². The standard InChI is InChI=1S/C11H14ClNOS/c12-9-2-1-3-10(6-9)13-11(7-14)4-5-15-8-11/h1-3,6,13-14H,4-5,7-8H2.